The fourth-order valence-electron chi connectivity index (χ4n) is 2.05. The number of nitro groups is 1. The number of amides is 2. The van der Waals surface area contributed by atoms with E-state index in [-0.39, 0.29) is 12.8 Å². The number of likely N-dealkylation sites (tertiary alicyclic amines) is 1. The van der Waals surface area contributed by atoms with Gasteiger partial charge in [0, 0.05) is 19.5 Å². The first-order valence-corrected chi connectivity index (χ1v) is 6.02. The Morgan fingerprint density at radius 1 is 1.38 bits per heavy atom. The van der Waals surface area contributed by atoms with Crippen LogP contribution in [0.4, 0.5) is 20.2 Å². The van der Waals surface area contributed by atoms with Crippen molar-refractivity contribution >= 4 is 23.2 Å². The lowest BCUT2D eigenvalue weighted by Crippen LogP contribution is -2.48. The number of nitrogens with one attached hydrogen (secondary N) is 1. The maximum Gasteiger partial charge on any atom is 0.295 e. The molecule has 2 rings (SSSR count). The third-order valence-electron chi connectivity index (χ3n) is 3.24. The summed E-state index contributed by atoms with van der Waals surface area (Å²) in [5, 5.41) is 13.2. The molecular formula is C12H11F2N3O4. The topological polar surface area (TPSA) is 92.6 Å². The van der Waals surface area contributed by atoms with Crippen molar-refractivity contribution in [1.29, 1.82) is 0 Å². The zero-order valence-electron chi connectivity index (χ0n) is 10.9. The molecule has 1 saturated heterocycles. The minimum absolute atomic E-state index is 0.0324. The van der Waals surface area contributed by atoms with Crippen LogP contribution in [0, 0.1) is 21.7 Å². The van der Waals surface area contributed by atoms with Crippen LogP contribution in [0.15, 0.2) is 12.1 Å². The number of hydrogen-bond acceptors (Lipinski definition) is 5. The fourth-order valence-corrected chi connectivity index (χ4v) is 2.05. The zero-order chi connectivity index (χ0) is 15.7. The molecule has 0 saturated carbocycles. The number of carbonyl (C=O) groups excluding carboxylic acids is 2. The number of nitrogens with zero attached hydrogens (tertiary/aromatic N) is 2. The third-order valence-corrected chi connectivity index (χ3v) is 3.24. The van der Waals surface area contributed by atoms with Crippen LogP contribution < -0.4 is 5.32 Å². The number of imide groups is 1. The summed E-state index contributed by atoms with van der Waals surface area (Å²) in [6, 6.07) is 0.419. The Morgan fingerprint density at radius 3 is 2.67 bits per heavy atom. The molecule has 7 nitrogen and oxygen atoms in total. The molecule has 112 valence electrons. The van der Waals surface area contributed by atoms with Crippen molar-refractivity contribution < 1.29 is 23.3 Å². The van der Waals surface area contributed by atoms with E-state index in [1.807, 2.05) is 0 Å². The number of rotatable bonds is 3. The molecule has 2 amide bonds. The molecule has 1 aliphatic heterocycles. The molecule has 1 atom stereocenters. The summed E-state index contributed by atoms with van der Waals surface area (Å²) in [5.74, 6) is -3.75. The highest BCUT2D eigenvalue weighted by atomic mass is 19.2. The van der Waals surface area contributed by atoms with Gasteiger partial charge in [-0.05, 0) is 12.5 Å². The highest BCUT2D eigenvalue weighted by Crippen LogP contribution is 2.31. The van der Waals surface area contributed by atoms with Gasteiger partial charge in [-0.2, -0.15) is 0 Å². The SMILES string of the molecule is CN1C(=O)CCC(Nc2c([N+](=O)[O-])ccc(F)c2F)C1=O. The number of anilines is 1. The van der Waals surface area contributed by atoms with Crippen molar-refractivity contribution in [1.82, 2.24) is 4.90 Å². The second-order valence-electron chi connectivity index (χ2n) is 4.54. The average molecular weight is 299 g/mol. The van der Waals surface area contributed by atoms with E-state index < -0.39 is 45.8 Å². The third kappa shape index (κ3) is 2.67. The first kappa shape index (κ1) is 14.8. The Labute approximate surface area is 117 Å². The summed E-state index contributed by atoms with van der Waals surface area (Å²) >= 11 is 0. The highest BCUT2D eigenvalue weighted by Gasteiger charge is 2.34. The van der Waals surface area contributed by atoms with Crippen LogP contribution >= 0.6 is 0 Å². The van der Waals surface area contributed by atoms with Gasteiger partial charge >= 0.3 is 0 Å². The van der Waals surface area contributed by atoms with Gasteiger partial charge in [0.05, 0.1) is 4.92 Å². The van der Waals surface area contributed by atoms with Gasteiger partial charge in [-0.25, -0.2) is 8.78 Å². The number of nitro benzene ring substituents is 1. The number of likely N-dealkylation sites (N-methyl/N-ethyl adjacent to an activating group) is 1. The van der Waals surface area contributed by atoms with Crippen LogP contribution in [0.2, 0.25) is 0 Å². The molecule has 1 aromatic rings. The van der Waals surface area contributed by atoms with E-state index in [9.17, 15) is 28.5 Å². The van der Waals surface area contributed by atoms with Crippen molar-refractivity contribution in [2.45, 2.75) is 18.9 Å². The second kappa shape index (κ2) is 5.43. The molecule has 0 aromatic heterocycles. The van der Waals surface area contributed by atoms with Crippen LogP contribution in [-0.4, -0.2) is 34.7 Å². The molecule has 1 unspecified atom stereocenters. The normalized spacial score (nSPS) is 18.8. The van der Waals surface area contributed by atoms with Crippen molar-refractivity contribution in [2.24, 2.45) is 0 Å². The molecule has 1 aromatic carbocycles. The number of halogens is 2. The molecule has 0 radical (unpaired) electrons. The largest absolute Gasteiger partial charge is 0.366 e. The fraction of sp³-hybridized carbons (Fsp3) is 0.333. The maximum atomic E-state index is 13.7. The van der Waals surface area contributed by atoms with Gasteiger partial charge in [0.25, 0.3) is 11.6 Å². The van der Waals surface area contributed by atoms with E-state index >= 15 is 0 Å². The molecule has 1 heterocycles. The van der Waals surface area contributed by atoms with Crippen LogP contribution in [0.1, 0.15) is 12.8 Å². The lowest BCUT2D eigenvalue weighted by atomic mass is 10.0. The van der Waals surface area contributed by atoms with E-state index in [2.05, 4.69) is 5.32 Å². The molecular weight excluding hydrogens is 288 g/mol. The Morgan fingerprint density at radius 2 is 2.05 bits per heavy atom. The monoisotopic (exact) mass is 299 g/mol. The maximum absolute atomic E-state index is 13.7. The molecule has 1 fully saturated rings. The van der Waals surface area contributed by atoms with E-state index in [1.54, 1.807) is 0 Å². The Hall–Kier alpha value is -2.58. The van der Waals surface area contributed by atoms with E-state index in [0.717, 1.165) is 11.0 Å². The lowest BCUT2D eigenvalue weighted by Gasteiger charge is -2.28. The number of hydrogen-bond donors (Lipinski definition) is 1. The summed E-state index contributed by atoms with van der Waals surface area (Å²) in [5.41, 5.74) is -1.37. The van der Waals surface area contributed by atoms with Crippen molar-refractivity contribution in [2.75, 3.05) is 12.4 Å². The lowest BCUT2D eigenvalue weighted by molar-refractivity contribution is -0.384. The zero-order valence-corrected chi connectivity index (χ0v) is 10.9. The summed E-state index contributed by atoms with van der Waals surface area (Å²) in [4.78, 5) is 34.0. The molecule has 1 N–H and O–H groups in total. The number of benzene rings is 1. The van der Waals surface area contributed by atoms with Crippen molar-refractivity contribution in [3.05, 3.63) is 33.9 Å². The quantitative estimate of drug-likeness (QED) is 0.518. The van der Waals surface area contributed by atoms with Gasteiger partial charge in [0.15, 0.2) is 17.3 Å². The first-order valence-electron chi connectivity index (χ1n) is 6.02. The summed E-state index contributed by atoms with van der Waals surface area (Å²) in [6.07, 6.45) is 0.0831. The van der Waals surface area contributed by atoms with Crippen LogP contribution in [-0.2, 0) is 9.59 Å². The molecule has 0 aliphatic carbocycles. The Bertz CT molecular complexity index is 635. The van der Waals surface area contributed by atoms with Gasteiger partial charge in [0.1, 0.15) is 6.04 Å². The number of piperidine rings is 1. The molecule has 9 heteroatoms. The predicted molar refractivity (Wildman–Crippen MR) is 67.4 cm³/mol. The molecule has 21 heavy (non-hydrogen) atoms. The first-order chi connectivity index (χ1) is 9.82. The average Bonchev–Trinajstić information content (AvgIpc) is 2.44. The van der Waals surface area contributed by atoms with E-state index in [0.29, 0.717) is 6.07 Å². The molecule has 0 spiro atoms. The molecule has 0 bridgehead atoms. The Balaban J connectivity index is 2.35. The minimum Gasteiger partial charge on any atom is -0.366 e. The highest BCUT2D eigenvalue weighted by molar-refractivity contribution is 6.01. The predicted octanol–water partition coefficient (Wildman–Crippen LogP) is 1.43. The van der Waals surface area contributed by atoms with Gasteiger partial charge in [0.2, 0.25) is 5.91 Å². The van der Waals surface area contributed by atoms with E-state index in [4.69, 9.17) is 0 Å². The van der Waals surface area contributed by atoms with Gasteiger partial charge in [-0.3, -0.25) is 24.6 Å². The van der Waals surface area contributed by atoms with Crippen LogP contribution in [0.5, 0.6) is 0 Å². The standard InChI is InChI=1S/C12H11F2N3O4/c1-16-9(18)5-3-7(12(16)19)15-11-8(17(20)21)4-2-6(13)10(11)14/h2,4,7,15H,3,5H2,1H3. The van der Waals surface area contributed by atoms with E-state index in [1.165, 1.54) is 7.05 Å². The summed E-state index contributed by atoms with van der Waals surface area (Å²) in [6.45, 7) is 0. The summed E-state index contributed by atoms with van der Waals surface area (Å²) < 4.78 is 27.0. The smallest absolute Gasteiger partial charge is 0.295 e. The minimum atomic E-state index is -1.43. The van der Waals surface area contributed by atoms with Crippen molar-refractivity contribution in [3.8, 4) is 0 Å². The van der Waals surface area contributed by atoms with Crippen LogP contribution in [0.3, 0.4) is 0 Å². The number of carbonyl (C=O) groups is 2. The van der Waals surface area contributed by atoms with Crippen LogP contribution in [0.25, 0.3) is 0 Å². The Kier molecular flexibility index (Phi) is 3.83. The molecule has 1 aliphatic rings. The van der Waals surface area contributed by atoms with Gasteiger partial charge in [-0.15, -0.1) is 0 Å². The summed E-state index contributed by atoms with van der Waals surface area (Å²) in [7, 11) is 1.26. The van der Waals surface area contributed by atoms with Gasteiger partial charge < -0.3 is 5.32 Å². The van der Waals surface area contributed by atoms with Gasteiger partial charge in [-0.1, -0.05) is 0 Å². The van der Waals surface area contributed by atoms with Crippen molar-refractivity contribution in [3.63, 3.8) is 0 Å². The second-order valence-corrected chi connectivity index (χ2v) is 4.54.